The Kier molecular flexibility index (Phi) is 5.82. The summed E-state index contributed by atoms with van der Waals surface area (Å²) in [6.07, 6.45) is 1.25. The Bertz CT molecular complexity index is 975. The number of nitrogens with zero attached hydrogens (tertiary/aromatic N) is 6. The van der Waals surface area contributed by atoms with E-state index in [1.807, 2.05) is 30.3 Å². The second-order valence-electron chi connectivity index (χ2n) is 5.89. The van der Waals surface area contributed by atoms with Crippen LogP contribution in [-0.4, -0.2) is 34.0 Å². The number of rotatable bonds is 7. The lowest BCUT2D eigenvalue weighted by Gasteiger charge is -2.14. The summed E-state index contributed by atoms with van der Waals surface area (Å²) in [6, 6.07) is 16.4. The fourth-order valence-electron chi connectivity index (χ4n) is 2.30. The molecule has 0 aliphatic carbocycles. The van der Waals surface area contributed by atoms with E-state index in [0.29, 0.717) is 11.4 Å². The highest BCUT2D eigenvalue weighted by Crippen LogP contribution is 2.31. The first kappa shape index (κ1) is 18.9. The second kappa shape index (κ2) is 8.64. The number of nitro groups is 1. The van der Waals surface area contributed by atoms with Crippen LogP contribution < -0.4 is 10.7 Å². The zero-order valence-electron chi connectivity index (χ0n) is 15.3. The van der Waals surface area contributed by atoms with E-state index < -0.39 is 4.92 Å². The van der Waals surface area contributed by atoms with E-state index in [4.69, 9.17) is 0 Å². The first-order valence-electron chi connectivity index (χ1n) is 8.30. The average Bonchev–Trinajstić information content (AvgIpc) is 2.68. The molecule has 1 aromatic heterocycles. The molecular weight excluding hydrogens is 360 g/mol. The lowest BCUT2D eigenvalue weighted by atomic mass is 10.3. The Morgan fingerprint density at radius 2 is 1.54 bits per heavy atom. The fraction of sp³-hybridized carbons (Fsp3) is 0.111. The molecule has 0 bridgehead atoms. The van der Waals surface area contributed by atoms with Gasteiger partial charge in [-0.15, -0.1) is 0 Å². The topological polar surface area (TPSA) is 121 Å². The van der Waals surface area contributed by atoms with E-state index in [2.05, 4.69) is 30.9 Å². The van der Waals surface area contributed by atoms with Gasteiger partial charge in [-0.25, -0.2) is 15.0 Å². The molecular formula is C18H18N8O2. The van der Waals surface area contributed by atoms with Gasteiger partial charge in [-0.3, -0.25) is 15.5 Å². The molecule has 0 radical (unpaired) electrons. The van der Waals surface area contributed by atoms with E-state index in [1.54, 1.807) is 43.4 Å². The number of hydrazine groups is 1. The molecule has 1 heterocycles. The molecule has 0 saturated carbocycles. The molecule has 0 saturated heterocycles. The van der Waals surface area contributed by atoms with Gasteiger partial charge in [0.2, 0.25) is 11.6 Å². The molecule has 142 valence electrons. The van der Waals surface area contributed by atoms with E-state index in [-0.39, 0.29) is 17.3 Å². The molecule has 0 unspecified atom stereocenters. The smallest absolute Gasteiger partial charge is 0.334 e. The summed E-state index contributed by atoms with van der Waals surface area (Å²) < 4.78 is 0. The van der Waals surface area contributed by atoms with Gasteiger partial charge >= 0.3 is 5.69 Å². The first-order chi connectivity index (χ1) is 13.5. The Hall–Kier alpha value is -3.92. The molecule has 28 heavy (non-hydrogen) atoms. The molecule has 0 spiro atoms. The van der Waals surface area contributed by atoms with Crippen LogP contribution in [0.2, 0.25) is 0 Å². The third-order valence-corrected chi connectivity index (χ3v) is 3.50. The van der Waals surface area contributed by atoms with Gasteiger partial charge in [0.15, 0.2) is 0 Å². The molecule has 0 atom stereocenters. The number of anilines is 3. The largest absolute Gasteiger partial charge is 0.354 e. The molecule has 0 aliphatic rings. The number of hydrogen-bond donors (Lipinski definition) is 2. The highest BCUT2D eigenvalue weighted by Gasteiger charge is 2.23. The van der Waals surface area contributed by atoms with Gasteiger partial charge in [-0.05, 0) is 36.4 Å². The fourth-order valence-corrected chi connectivity index (χ4v) is 2.30. The van der Waals surface area contributed by atoms with E-state index >= 15 is 0 Å². The molecule has 0 fully saturated rings. The Morgan fingerprint density at radius 3 is 2.14 bits per heavy atom. The van der Waals surface area contributed by atoms with Gasteiger partial charge in [0, 0.05) is 19.8 Å². The summed E-state index contributed by atoms with van der Waals surface area (Å²) >= 11 is 0. The number of azo groups is 1. The standard InChI is InChI=1S/C18H18N8O2/c1-25(2)24-18-16(26(27)28)17(19-12-20-18)21-13-8-10-15(11-9-13)23-22-14-6-4-3-5-7-14/h3-12H,1-2H3,(H2,19,20,21,24). The van der Waals surface area contributed by atoms with Crippen LogP contribution in [0.5, 0.6) is 0 Å². The Balaban J connectivity index is 1.79. The van der Waals surface area contributed by atoms with Gasteiger partial charge in [0.25, 0.3) is 0 Å². The maximum atomic E-state index is 11.5. The lowest BCUT2D eigenvalue weighted by molar-refractivity contribution is -0.383. The number of hydrogen-bond acceptors (Lipinski definition) is 9. The molecule has 10 heteroatoms. The van der Waals surface area contributed by atoms with E-state index in [1.165, 1.54) is 6.33 Å². The zero-order valence-corrected chi connectivity index (χ0v) is 15.3. The van der Waals surface area contributed by atoms with Crippen LogP contribution in [0.1, 0.15) is 0 Å². The third kappa shape index (κ3) is 4.83. The third-order valence-electron chi connectivity index (χ3n) is 3.50. The predicted octanol–water partition coefficient (Wildman–Crippen LogP) is 4.43. The SMILES string of the molecule is CN(C)Nc1ncnc(Nc2ccc(N=Nc3ccccc3)cc2)c1[N+](=O)[O-]. The van der Waals surface area contributed by atoms with Crippen molar-refractivity contribution in [3.8, 4) is 0 Å². The van der Waals surface area contributed by atoms with Gasteiger partial charge in [-0.2, -0.15) is 10.2 Å². The summed E-state index contributed by atoms with van der Waals surface area (Å²) in [4.78, 5) is 18.9. The lowest BCUT2D eigenvalue weighted by Crippen LogP contribution is -2.21. The van der Waals surface area contributed by atoms with Crippen LogP contribution in [0.3, 0.4) is 0 Å². The van der Waals surface area contributed by atoms with Gasteiger partial charge in [0.05, 0.1) is 16.3 Å². The molecule has 2 aromatic carbocycles. The summed E-state index contributed by atoms with van der Waals surface area (Å²) in [5, 5.41) is 24.3. The molecule has 10 nitrogen and oxygen atoms in total. The molecule has 0 amide bonds. The summed E-state index contributed by atoms with van der Waals surface area (Å²) in [6.45, 7) is 0. The van der Waals surface area contributed by atoms with Gasteiger partial charge in [-0.1, -0.05) is 18.2 Å². The Morgan fingerprint density at radius 1 is 0.929 bits per heavy atom. The van der Waals surface area contributed by atoms with Crippen LogP contribution in [0.15, 0.2) is 71.2 Å². The maximum Gasteiger partial charge on any atom is 0.354 e. The maximum absolute atomic E-state index is 11.5. The predicted molar refractivity (Wildman–Crippen MR) is 106 cm³/mol. The van der Waals surface area contributed by atoms with Crippen LogP contribution in [0.4, 0.5) is 34.4 Å². The van der Waals surface area contributed by atoms with E-state index in [9.17, 15) is 10.1 Å². The van der Waals surface area contributed by atoms with Crippen molar-refractivity contribution in [2.45, 2.75) is 0 Å². The van der Waals surface area contributed by atoms with Crippen molar-refractivity contribution in [2.24, 2.45) is 10.2 Å². The average molecular weight is 378 g/mol. The monoisotopic (exact) mass is 378 g/mol. The quantitative estimate of drug-likeness (QED) is 0.354. The minimum atomic E-state index is -0.531. The summed E-state index contributed by atoms with van der Waals surface area (Å²) in [5.41, 5.74) is 4.58. The summed E-state index contributed by atoms with van der Waals surface area (Å²) in [5.74, 6) is 0.184. The van der Waals surface area contributed by atoms with Crippen molar-refractivity contribution in [1.29, 1.82) is 0 Å². The number of benzene rings is 2. The Labute approximate surface area is 161 Å². The van der Waals surface area contributed by atoms with Crippen molar-refractivity contribution in [3.05, 3.63) is 71.0 Å². The molecule has 0 aliphatic heterocycles. The van der Waals surface area contributed by atoms with Crippen LogP contribution >= 0.6 is 0 Å². The number of nitrogens with one attached hydrogen (secondary N) is 2. The number of aromatic nitrogens is 2. The van der Waals surface area contributed by atoms with Crippen molar-refractivity contribution < 1.29 is 4.92 Å². The zero-order chi connectivity index (χ0) is 19.9. The van der Waals surface area contributed by atoms with Gasteiger partial charge in [0.1, 0.15) is 6.33 Å². The highest BCUT2D eigenvalue weighted by molar-refractivity contribution is 5.73. The van der Waals surface area contributed by atoms with Crippen LogP contribution in [-0.2, 0) is 0 Å². The minimum Gasteiger partial charge on any atom is -0.334 e. The van der Waals surface area contributed by atoms with Gasteiger partial charge < -0.3 is 5.32 Å². The molecule has 2 N–H and O–H groups in total. The van der Waals surface area contributed by atoms with E-state index in [0.717, 1.165) is 5.69 Å². The highest BCUT2D eigenvalue weighted by atomic mass is 16.6. The minimum absolute atomic E-state index is 0.0861. The van der Waals surface area contributed by atoms with Crippen molar-refractivity contribution in [3.63, 3.8) is 0 Å². The first-order valence-corrected chi connectivity index (χ1v) is 8.30. The molecule has 3 rings (SSSR count). The van der Waals surface area contributed by atoms with Crippen LogP contribution in [0, 0.1) is 10.1 Å². The van der Waals surface area contributed by atoms with Crippen molar-refractivity contribution in [1.82, 2.24) is 15.0 Å². The normalized spacial score (nSPS) is 11.0. The second-order valence-corrected chi connectivity index (χ2v) is 5.89. The van der Waals surface area contributed by atoms with Crippen LogP contribution in [0.25, 0.3) is 0 Å². The van der Waals surface area contributed by atoms with Crippen molar-refractivity contribution in [2.75, 3.05) is 24.8 Å². The van der Waals surface area contributed by atoms with Crippen molar-refractivity contribution >= 4 is 34.4 Å². The summed E-state index contributed by atoms with van der Waals surface area (Å²) in [7, 11) is 3.42. The molecule has 3 aromatic rings.